The summed E-state index contributed by atoms with van der Waals surface area (Å²) in [5.74, 6) is 0.594. The number of halogens is 2. The Morgan fingerprint density at radius 1 is 1.00 bits per heavy atom. The maximum atomic E-state index is 12.0. The standard InChI is InChI=1S/C22H29N3O.2ClH/c1-16(2)25-13-11-18(12-14-25)21-10-9-20(15-23-21)17-5-7-19(8-6-17)22(26)24(3)4;;/h5-10,15-16,18H,11-14H2,1-4H3;2*1H. The molecule has 1 amide bonds. The van der Waals surface area contributed by atoms with Crippen LogP contribution in [-0.2, 0) is 0 Å². The molecule has 6 heteroatoms. The fourth-order valence-electron chi connectivity index (χ4n) is 3.59. The molecule has 2 aromatic rings. The number of likely N-dealkylation sites (tertiary alicyclic amines) is 1. The van der Waals surface area contributed by atoms with Crippen LogP contribution in [0.1, 0.15) is 48.7 Å². The Labute approximate surface area is 181 Å². The van der Waals surface area contributed by atoms with E-state index in [2.05, 4.69) is 30.9 Å². The summed E-state index contributed by atoms with van der Waals surface area (Å²) in [6.45, 7) is 6.86. The molecular weight excluding hydrogens is 393 g/mol. The van der Waals surface area contributed by atoms with E-state index in [0.717, 1.165) is 24.2 Å². The van der Waals surface area contributed by atoms with E-state index in [1.165, 1.54) is 18.5 Å². The van der Waals surface area contributed by atoms with Gasteiger partial charge in [0, 0.05) is 49.1 Å². The SMILES string of the molecule is CC(C)N1CCC(c2ccc(-c3ccc(C(=O)N(C)C)cc3)cn2)CC1.Cl.Cl. The zero-order valence-electron chi connectivity index (χ0n) is 17.1. The summed E-state index contributed by atoms with van der Waals surface area (Å²) < 4.78 is 0. The van der Waals surface area contributed by atoms with Crippen LogP contribution in [0.2, 0.25) is 0 Å². The van der Waals surface area contributed by atoms with Gasteiger partial charge in [0.15, 0.2) is 0 Å². The van der Waals surface area contributed by atoms with Gasteiger partial charge >= 0.3 is 0 Å². The van der Waals surface area contributed by atoms with Gasteiger partial charge in [0.25, 0.3) is 5.91 Å². The van der Waals surface area contributed by atoms with E-state index in [4.69, 9.17) is 4.98 Å². The minimum atomic E-state index is 0. The van der Waals surface area contributed by atoms with Crippen molar-refractivity contribution in [3.63, 3.8) is 0 Å². The highest BCUT2D eigenvalue weighted by Gasteiger charge is 2.22. The Morgan fingerprint density at radius 2 is 1.57 bits per heavy atom. The average Bonchev–Trinajstić information content (AvgIpc) is 2.67. The second-order valence-electron chi connectivity index (χ2n) is 7.65. The third kappa shape index (κ3) is 5.69. The van der Waals surface area contributed by atoms with Gasteiger partial charge in [0.2, 0.25) is 0 Å². The van der Waals surface area contributed by atoms with Crippen molar-refractivity contribution in [3.8, 4) is 11.1 Å². The first-order chi connectivity index (χ1) is 12.5. The van der Waals surface area contributed by atoms with Crippen LogP contribution in [0.15, 0.2) is 42.6 Å². The Kier molecular flexibility index (Phi) is 9.42. The Hall–Kier alpha value is -1.62. The molecule has 0 N–H and O–H groups in total. The smallest absolute Gasteiger partial charge is 0.253 e. The molecule has 0 unspecified atom stereocenters. The van der Waals surface area contributed by atoms with Crippen LogP contribution in [-0.4, -0.2) is 53.9 Å². The lowest BCUT2D eigenvalue weighted by Crippen LogP contribution is -2.37. The molecule has 1 aliphatic rings. The van der Waals surface area contributed by atoms with Crippen LogP contribution in [0.3, 0.4) is 0 Å². The number of benzene rings is 1. The van der Waals surface area contributed by atoms with Crippen molar-refractivity contribution in [1.29, 1.82) is 0 Å². The molecule has 0 atom stereocenters. The van der Waals surface area contributed by atoms with Crippen molar-refractivity contribution in [3.05, 3.63) is 53.9 Å². The number of hydrogen-bond donors (Lipinski definition) is 0. The van der Waals surface area contributed by atoms with Gasteiger partial charge in [0.1, 0.15) is 0 Å². The number of carbonyl (C=O) groups excluding carboxylic acids is 1. The van der Waals surface area contributed by atoms with E-state index >= 15 is 0 Å². The van der Waals surface area contributed by atoms with Gasteiger partial charge in [-0.25, -0.2) is 0 Å². The molecule has 1 aromatic carbocycles. The van der Waals surface area contributed by atoms with Gasteiger partial charge in [-0.1, -0.05) is 18.2 Å². The maximum Gasteiger partial charge on any atom is 0.253 e. The van der Waals surface area contributed by atoms with E-state index in [-0.39, 0.29) is 30.7 Å². The van der Waals surface area contributed by atoms with Crippen LogP contribution < -0.4 is 0 Å². The van der Waals surface area contributed by atoms with Crippen LogP contribution in [0, 0.1) is 0 Å². The second-order valence-corrected chi connectivity index (χ2v) is 7.65. The van der Waals surface area contributed by atoms with Crippen molar-refractivity contribution < 1.29 is 4.79 Å². The third-order valence-corrected chi connectivity index (χ3v) is 5.34. The third-order valence-electron chi connectivity index (χ3n) is 5.34. The number of pyridine rings is 1. The number of hydrogen-bond acceptors (Lipinski definition) is 3. The molecule has 0 spiro atoms. The lowest BCUT2D eigenvalue weighted by Gasteiger charge is -2.34. The zero-order valence-corrected chi connectivity index (χ0v) is 18.7. The highest BCUT2D eigenvalue weighted by atomic mass is 35.5. The van der Waals surface area contributed by atoms with Crippen molar-refractivity contribution >= 4 is 30.7 Å². The highest BCUT2D eigenvalue weighted by molar-refractivity contribution is 5.94. The van der Waals surface area contributed by atoms with Crippen molar-refractivity contribution in [1.82, 2.24) is 14.8 Å². The summed E-state index contributed by atoms with van der Waals surface area (Å²) in [6.07, 6.45) is 4.34. The second kappa shape index (κ2) is 10.8. The van der Waals surface area contributed by atoms with Gasteiger partial charge in [-0.3, -0.25) is 9.78 Å². The summed E-state index contributed by atoms with van der Waals surface area (Å²) in [6, 6.07) is 12.7. The summed E-state index contributed by atoms with van der Waals surface area (Å²) >= 11 is 0. The fourth-order valence-corrected chi connectivity index (χ4v) is 3.59. The van der Waals surface area contributed by atoms with E-state index in [1.54, 1.807) is 19.0 Å². The van der Waals surface area contributed by atoms with E-state index < -0.39 is 0 Å². The minimum Gasteiger partial charge on any atom is -0.345 e. The molecule has 0 radical (unpaired) electrons. The molecule has 154 valence electrons. The Morgan fingerprint density at radius 3 is 2.04 bits per heavy atom. The lowest BCUT2D eigenvalue weighted by molar-refractivity contribution is 0.0827. The predicted molar refractivity (Wildman–Crippen MR) is 121 cm³/mol. The molecule has 4 nitrogen and oxygen atoms in total. The fraction of sp³-hybridized carbons (Fsp3) is 0.455. The largest absolute Gasteiger partial charge is 0.345 e. The molecule has 1 aliphatic heterocycles. The molecule has 0 bridgehead atoms. The normalized spacial score (nSPS) is 14.9. The summed E-state index contributed by atoms with van der Waals surface area (Å²) in [7, 11) is 3.54. The Bertz CT molecular complexity index is 737. The van der Waals surface area contributed by atoms with Gasteiger partial charge < -0.3 is 9.80 Å². The number of rotatable bonds is 4. The van der Waals surface area contributed by atoms with Gasteiger partial charge in [0.05, 0.1) is 0 Å². The summed E-state index contributed by atoms with van der Waals surface area (Å²) in [5.41, 5.74) is 4.10. The lowest BCUT2D eigenvalue weighted by atomic mass is 9.92. The van der Waals surface area contributed by atoms with Crippen LogP contribution in [0.5, 0.6) is 0 Å². The first-order valence-corrected chi connectivity index (χ1v) is 9.48. The molecule has 1 saturated heterocycles. The maximum absolute atomic E-state index is 12.0. The zero-order chi connectivity index (χ0) is 18.7. The number of carbonyl (C=O) groups is 1. The van der Waals surface area contributed by atoms with Gasteiger partial charge in [-0.05, 0) is 63.5 Å². The van der Waals surface area contributed by atoms with E-state index in [1.807, 2.05) is 30.5 Å². The molecule has 1 fully saturated rings. The molecule has 0 aliphatic carbocycles. The highest BCUT2D eigenvalue weighted by Crippen LogP contribution is 2.29. The first-order valence-electron chi connectivity index (χ1n) is 9.48. The van der Waals surface area contributed by atoms with Crippen LogP contribution in [0.4, 0.5) is 0 Å². The summed E-state index contributed by atoms with van der Waals surface area (Å²) in [5, 5.41) is 0. The molecule has 1 aromatic heterocycles. The molecule has 28 heavy (non-hydrogen) atoms. The quantitative estimate of drug-likeness (QED) is 0.702. The number of nitrogens with zero attached hydrogens (tertiary/aromatic N) is 3. The van der Waals surface area contributed by atoms with Gasteiger partial charge in [-0.2, -0.15) is 0 Å². The number of amides is 1. The minimum absolute atomic E-state index is 0. The Balaban J connectivity index is 0.00000196. The first kappa shape index (κ1) is 24.4. The van der Waals surface area contributed by atoms with E-state index in [0.29, 0.717) is 17.5 Å². The van der Waals surface area contributed by atoms with Crippen LogP contribution in [0.25, 0.3) is 11.1 Å². The summed E-state index contributed by atoms with van der Waals surface area (Å²) in [4.78, 5) is 20.9. The number of aromatic nitrogens is 1. The predicted octanol–water partition coefficient (Wildman–Crippen LogP) is 4.88. The van der Waals surface area contributed by atoms with Crippen molar-refractivity contribution in [2.24, 2.45) is 0 Å². The topological polar surface area (TPSA) is 36.4 Å². The molecule has 2 heterocycles. The monoisotopic (exact) mass is 423 g/mol. The number of piperidine rings is 1. The molecular formula is C22H31Cl2N3O. The average molecular weight is 424 g/mol. The van der Waals surface area contributed by atoms with Crippen molar-refractivity contribution in [2.75, 3.05) is 27.2 Å². The van der Waals surface area contributed by atoms with Gasteiger partial charge in [-0.15, -0.1) is 24.8 Å². The molecule has 0 saturated carbocycles. The van der Waals surface area contributed by atoms with Crippen LogP contribution >= 0.6 is 24.8 Å². The van der Waals surface area contributed by atoms with Crippen molar-refractivity contribution in [2.45, 2.75) is 38.6 Å². The molecule has 3 rings (SSSR count). The van der Waals surface area contributed by atoms with E-state index in [9.17, 15) is 4.79 Å².